The molecule has 3 aromatic rings. The predicted molar refractivity (Wildman–Crippen MR) is 143 cm³/mol. The second kappa shape index (κ2) is 12.2. The van der Waals surface area contributed by atoms with Gasteiger partial charge in [-0.1, -0.05) is 66.2 Å². The molecule has 3 aromatic carbocycles. The first kappa shape index (κ1) is 28.1. The molecule has 0 radical (unpaired) electrons. The number of rotatable bonds is 10. The molecule has 7 nitrogen and oxygen atoms in total. The Balaban J connectivity index is 2.07. The summed E-state index contributed by atoms with van der Waals surface area (Å²) in [5.41, 5.74) is 1.82. The molecule has 2 amide bonds. The molecule has 0 aromatic heterocycles. The summed E-state index contributed by atoms with van der Waals surface area (Å²) < 4.78 is 41.2. The standard InChI is InChI=1S/C27H29ClFN3O4S/c1-19-13-14-22(28)16-24(19)32(37(3,35)36)18-26(33)31(17-21-11-7-8-12-23(21)29)25(27(34)30-2)15-20-9-5-4-6-10-20/h4-14,16,25H,15,17-18H2,1-3H3,(H,30,34)/t25-/m1/s1. The van der Waals surface area contributed by atoms with E-state index in [1.165, 1.54) is 36.2 Å². The smallest absolute Gasteiger partial charge is 0.244 e. The van der Waals surface area contributed by atoms with Crippen LogP contribution < -0.4 is 9.62 Å². The van der Waals surface area contributed by atoms with E-state index < -0.39 is 40.2 Å². The third-order valence-electron chi connectivity index (χ3n) is 5.94. The fourth-order valence-electron chi connectivity index (χ4n) is 3.98. The zero-order chi connectivity index (χ0) is 27.2. The molecule has 0 unspecified atom stereocenters. The van der Waals surface area contributed by atoms with Crippen molar-refractivity contribution in [3.05, 3.63) is 100 Å². The van der Waals surface area contributed by atoms with Gasteiger partial charge in [0.25, 0.3) is 0 Å². The lowest BCUT2D eigenvalue weighted by Crippen LogP contribution is -2.53. The van der Waals surface area contributed by atoms with Crippen molar-refractivity contribution in [1.29, 1.82) is 0 Å². The summed E-state index contributed by atoms with van der Waals surface area (Å²) in [6.45, 7) is 0.869. The van der Waals surface area contributed by atoms with Crippen molar-refractivity contribution in [1.82, 2.24) is 10.2 Å². The molecule has 0 saturated heterocycles. The largest absolute Gasteiger partial charge is 0.357 e. The van der Waals surface area contributed by atoms with Gasteiger partial charge in [0.05, 0.1) is 11.9 Å². The lowest BCUT2D eigenvalue weighted by molar-refractivity contribution is -0.139. The summed E-state index contributed by atoms with van der Waals surface area (Å²) in [5, 5.41) is 2.88. The van der Waals surface area contributed by atoms with Crippen LogP contribution in [-0.4, -0.2) is 51.0 Å². The number of nitrogens with zero attached hydrogens (tertiary/aromatic N) is 2. The van der Waals surface area contributed by atoms with E-state index in [1.54, 1.807) is 25.1 Å². The fraction of sp³-hybridized carbons (Fsp3) is 0.259. The molecule has 0 aliphatic rings. The Bertz CT molecular complexity index is 1370. The quantitative estimate of drug-likeness (QED) is 0.418. The van der Waals surface area contributed by atoms with Crippen molar-refractivity contribution in [2.45, 2.75) is 25.9 Å². The lowest BCUT2D eigenvalue weighted by Gasteiger charge is -2.33. The predicted octanol–water partition coefficient (Wildman–Crippen LogP) is 3.94. The third kappa shape index (κ3) is 7.30. The van der Waals surface area contributed by atoms with Crippen LogP contribution in [0.4, 0.5) is 10.1 Å². The van der Waals surface area contributed by atoms with Gasteiger partial charge in [0.2, 0.25) is 21.8 Å². The summed E-state index contributed by atoms with van der Waals surface area (Å²) in [6.07, 6.45) is 1.14. The van der Waals surface area contributed by atoms with Crippen LogP contribution in [0.2, 0.25) is 5.02 Å². The Morgan fingerprint density at radius 2 is 1.68 bits per heavy atom. The van der Waals surface area contributed by atoms with Crippen LogP contribution in [0.1, 0.15) is 16.7 Å². The number of aryl methyl sites for hydroxylation is 1. The molecule has 3 rings (SSSR count). The Morgan fingerprint density at radius 3 is 2.30 bits per heavy atom. The maximum Gasteiger partial charge on any atom is 0.244 e. The topological polar surface area (TPSA) is 86.8 Å². The van der Waals surface area contributed by atoms with Crippen molar-refractivity contribution < 1.29 is 22.4 Å². The number of carbonyl (C=O) groups is 2. The molecule has 196 valence electrons. The molecule has 0 aliphatic carbocycles. The number of nitrogens with one attached hydrogen (secondary N) is 1. The Hall–Kier alpha value is -3.43. The number of anilines is 1. The zero-order valence-electron chi connectivity index (χ0n) is 20.8. The van der Waals surface area contributed by atoms with Gasteiger partial charge in [-0.15, -0.1) is 0 Å². The van der Waals surface area contributed by atoms with Crippen molar-refractivity contribution in [2.75, 3.05) is 24.2 Å². The van der Waals surface area contributed by atoms with Crippen LogP contribution in [0.15, 0.2) is 72.8 Å². The Morgan fingerprint density at radius 1 is 1.03 bits per heavy atom. The van der Waals surface area contributed by atoms with Crippen LogP contribution in [0.3, 0.4) is 0 Å². The van der Waals surface area contributed by atoms with Crippen LogP contribution in [0, 0.1) is 12.7 Å². The van der Waals surface area contributed by atoms with Crippen molar-refractivity contribution in [2.24, 2.45) is 0 Å². The molecule has 0 spiro atoms. The van der Waals surface area contributed by atoms with Crippen LogP contribution in [0.5, 0.6) is 0 Å². The van der Waals surface area contributed by atoms with Gasteiger partial charge in [-0.3, -0.25) is 13.9 Å². The molecule has 1 atom stereocenters. The minimum absolute atomic E-state index is 0.149. The highest BCUT2D eigenvalue weighted by atomic mass is 35.5. The molecule has 0 aliphatic heterocycles. The summed E-state index contributed by atoms with van der Waals surface area (Å²) in [5.74, 6) is -1.67. The highest BCUT2D eigenvalue weighted by Crippen LogP contribution is 2.27. The molecule has 0 saturated carbocycles. The molecule has 0 heterocycles. The number of benzene rings is 3. The molecule has 37 heavy (non-hydrogen) atoms. The number of hydrogen-bond donors (Lipinski definition) is 1. The van der Waals surface area contributed by atoms with Gasteiger partial charge in [-0.25, -0.2) is 12.8 Å². The van der Waals surface area contributed by atoms with Gasteiger partial charge in [0, 0.05) is 30.6 Å². The van der Waals surface area contributed by atoms with Crippen LogP contribution in [0.25, 0.3) is 0 Å². The van der Waals surface area contributed by atoms with Crippen LogP contribution in [-0.2, 0) is 32.6 Å². The molecule has 0 bridgehead atoms. The van der Waals surface area contributed by atoms with E-state index in [1.807, 2.05) is 30.3 Å². The van der Waals surface area contributed by atoms with E-state index in [-0.39, 0.29) is 24.2 Å². The van der Waals surface area contributed by atoms with Gasteiger partial charge in [0.1, 0.15) is 18.4 Å². The third-order valence-corrected chi connectivity index (χ3v) is 7.30. The minimum Gasteiger partial charge on any atom is -0.357 e. The van der Waals surface area contributed by atoms with E-state index in [2.05, 4.69) is 5.32 Å². The normalized spacial score (nSPS) is 12.0. The average Bonchev–Trinajstić information content (AvgIpc) is 2.86. The van der Waals surface area contributed by atoms with E-state index >= 15 is 0 Å². The van der Waals surface area contributed by atoms with E-state index in [0.29, 0.717) is 10.6 Å². The number of likely N-dealkylation sites (N-methyl/N-ethyl adjacent to an activating group) is 1. The van der Waals surface area contributed by atoms with Gasteiger partial charge < -0.3 is 10.2 Å². The zero-order valence-corrected chi connectivity index (χ0v) is 22.4. The maximum absolute atomic E-state index is 14.6. The molecular formula is C27H29ClFN3O4S. The lowest BCUT2D eigenvalue weighted by atomic mass is 10.0. The summed E-state index contributed by atoms with van der Waals surface area (Å²) in [7, 11) is -2.48. The van der Waals surface area contributed by atoms with Gasteiger partial charge >= 0.3 is 0 Å². The van der Waals surface area contributed by atoms with E-state index in [9.17, 15) is 22.4 Å². The monoisotopic (exact) mass is 545 g/mol. The number of halogens is 2. The summed E-state index contributed by atoms with van der Waals surface area (Å²) >= 11 is 6.12. The second-order valence-corrected chi connectivity index (χ2v) is 11.0. The number of amides is 2. The van der Waals surface area contributed by atoms with Crippen LogP contribution >= 0.6 is 11.6 Å². The molecular weight excluding hydrogens is 517 g/mol. The van der Waals surface area contributed by atoms with Gasteiger partial charge in [-0.05, 0) is 36.2 Å². The molecule has 10 heteroatoms. The highest BCUT2D eigenvalue weighted by Gasteiger charge is 2.33. The van der Waals surface area contributed by atoms with Crippen molar-refractivity contribution >= 4 is 39.1 Å². The average molecular weight is 546 g/mol. The first-order valence-electron chi connectivity index (χ1n) is 11.5. The first-order chi connectivity index (χ1) is 17.5. The minimum atomic E-state index is -3.92. The number of hydrogen-bond acceptors (Lipinski definition) is 4. The number of sulfonamides is 1. The Kier molecular flexibility index (Phi) is 9.29. The van der Waals surface area contributed by atoms with Crippen molar-refractivity contribution in [3.63, 3.8) is 0 Å². The molecule has 1 N–H and O–H groups in total. The van der Waals surface area contributed by atoms with Gasteiger partial charge in [0.15, 0.2) is 0 Å². The Labute approximate surface area is 221 Å². The molecule has 0 fully saturated rings. The highest BCUT2D eigenvalue weighted by molar-refractivity contribution is 7.92. The SMILES string of the molecule is CNC(=O)[C@@H](Cc1ccccc1)N(Cc1ccccc1F)C(=O)CN(c1cc(Cl)ccc1C)S(C)(=O)=O. The van der Waals surface area contributed by atoms with Crippen molar-refractivity contribution in [3.8, 4) is 0 Å². The fourth-order valence-corrected chi connectivity index (χ4v) is 5.04. The van der Waals surface area contributed by atoms with E-state index in [4.69, 9.17) is 11.6 Å². The van der Waals surface area contributed by atoms with E-state index in [0.717, 1.165) is 16.1 Å². The first-order valence-corrected chi connectivity index (χ1v) is 13.8. The van der Waals surface area contributed by atoms with Gasteiger partial charge in [-0.2, -0.15) is 0 Å². The summed E-state index contributed by atoms with van der Waals surface area (Å²) in [4.78, 5) is 28.1. The summed E-state index contributed by atoms with van der Waals surface area (Å²) in [6, 6.07) is 18.8. The second-order valence-electron chi connectivity index (χ2n) is 8.63. The number of carbonyl (C=O) groups excluding carboxylic acids is 2. The maximum atomic E-state index is 14.6.